The summed E-state index contributed by atoms with van der Waals surface area (Å²) in [6.07, 6.45) is 4.81. The molecule has 0 aliphatic rings. The van der Waals surface area contributed by atoms with Crippen LogP contribution in [0.2, 0.25) is 0 Å². The van der Waals surface area contributed by atoms with Gasteiger partial charge in [0.25, 0.3) is 0 Å². The molecule has 154 valence electrons. The van der Waals surface area contributed by atoms with E-state index in [-0.39, 0.29) is 6.54 Å². The first kappa shape index (κ1) is 21.0. The van der Waals surface area contributed by atoms with Crippen molar-refractivity contribution >= 4 is 18.0 Å². The van der Waals surface area contributed by atoms with Gasteiger partial charge in [-0.05, 0) is 62.6 Å². The van der Waals surface area contributed by atoms with E-state index in [1.165, 1.54) is 11.1 Å². The molecular formula is C23H25N5O2. The Morgan fingerprint density at radius 3 is 2.37 bits per heavy atom. The van der Waals surface area contributed by atoms with Crippen molar-refractivity contribution in [2.24, 2.45) is 5.10 Å². The number of hydrogen-bond acceptors (Lipinski definition) is 4. The van der Waals surface area contributed by atoms with Crippen molar-refractivity contribution in [2.75, 3.05) is 0 Å². The number of aryl methyl sites for hydroxylation is 3. The van der Waals surface area contributed by atoms with E-state index < -0.39 is 11.8 Å². The predicted molar refractivity (Wildman–Crippen MR) is 117 cm³/mol. The van der Waals surface area contributed by atoms with Gasteiger partial charge >= 0.3 is 11.8 Å². The highest BCUT2D eigenvalue weighted by atomic mass is 16.2. The summed E-state index contributed by atoms with van der Waals surface area (Å²) in [5.41, 5.74) is 9.58. The highest BCUT2D eigenvalue weighted by Crippen LogP contribution is 2.25. The third-order valence-electron chi connectivity index (χ3n) is 4.91. The number of pyridine rings is 1. The van der Waals surface area contributed by atoms with E-state index in [2.05, 4.69) is 51.4 Å². The SMILES string of the molecule is Cc1cccc(C)c1-n1c(C)cc(/C=N\NC(=O)C(=O)NCc2ccncc2)c1C. The molecule has 2 N–H and O–H groups in total. The first-order chi connectivity index (χ1) is 14.4. The van der Waals surface area contributed by atoms with Crippen molar-refractivity contribution in [1.29, 1.82) is 0 Å². The van der Waals surface area contributed by atoms with Crippen LogP contribution >= 0.6 is 0 Å². The standard InChI is InChI=1S/C23H25N5O2/c1-15-6-5-7-16(2)21(15)28-17(3)12-20(18(28)4)14-26-27-23(30)22(29)25-13-19-8-10-24-11-9-19/h5-12,14H,13H2,1-4H3,(H,25,29)(H,27,30)/b26-14-. The van der Waals surface area contributed by atoms with E-state index in [0.29, 0.717) is 0 Å². The Morgan fingerprint density at radius 2 is 1.70 bits per heavy atom. The van der Waals surface area contributed by atoms with Crippen molar-refractivity contribution in [3.8, 4) is 5.69 Å². The van der Waals surface area contributed by atoms with Crippen molar-refractivity contribution in [3.05, 3.63) is 82.4 Å². The van der Waals surface area contributed by atoms with Crippen LogP contribution in [-0.2, 0) is 16.1 Å². The lowest BCUT2D eigenvalue weighted by atomic mass is 10.1. The molecule has 0 saturated carbocycles. The maximum atomic E-state index is 12.0. The molecule has 0 aliphatic carbocycles. The Morgan fingerprint density at radius 1 is 1.03 bits per heavy atom. The van der Waals surface area contributed by atoms with Crippen molar-refractivity contribution in [1.82, 2.24) is 20.3 Å². The van der Waals surface area contributed by atoms with Crippen molar-refractivity contribution < 1.29 is 9.59 Å². The predicted octanol–water partition coefficient (Wildman–Crippen LogP) is 2.87. The van der Waals surface area contributed by atoms with E-state index in [9.17, 15) is 9.59 Å². The molecule has 0 unspecified atom stereocenters. The third kappa shape index (κ3) is 4.63. The number of carbonyl (C=O) groups excluding carboxylic acids is 2. The number of hydrazone groups is 1. The summed E-state index contributed by atoms with van der Waals surface area (Å²) in [6.45, 7) is 8.44. The van der Waals surface area contributed by atoms with Gasteiger partial charge in [0.05, 0.1) is 11.9 Å². The monoisotopic (exact) mass is 403 g/mol. The minimum absolute atomic E-state index is 0.245. The highest BCUT2D eigenvalue weighted by molar-refractivity contribution is 6.35. The highest BCUT2D eigenvalue weighted by Gasteiger charge is 2.14. The van der Waals surface area contributed by atoms with Crippen LogP contribution in [0.1, 0.15) is 33.6 Å². The smallest absolute Gasteiger partial charge is 0.329 e. The normalized spacial score (nSPS) is 10.9. The number of aromatic nitrogens is 2. The largest absolute Gasteiger partial charge is 0.344 e. The van der Waals surface area contributed by atoms with Gasteiger partial charge in [0, 0.05) is 35.9 Å². The van der Waals surface area contributed by atoms with Crippen LogP contribution in [-0.4, -0.2) is 27.6 Å². The minimum Gasteiger partial charge on any atom is -0.344 e. The minimum atomic E-state index is -0.816. The molecule has 7 heteroatoms. The number of benzene rings is 1. The lowest BCUT2D eigenvalue weighted by molar-refractivity contribution is -0.139. The van der Waals surface area contributed by atoms with Gasteiger partial charge in [-0.15, -0.1) is 0 Å². The van der Waals surface area contributed by atoms with Crippen LogP contribution in [0.4, 0.5) is 0 Å². The van der Waals surface area contributed by atoms with Gasteiger partial charge in [-0.3, -0.25) is 14.6 Å². The maximum absolute atomic E-state index is 12.0. The first-order valence-corrected chi connectivity index (χ1v) is 9.64. The lowest BCUT2D eigenvalue weighted by Crippen LogP contribution is -2.37. The average Bonchev–Trinajstić information content (AvgIpc) is 3.00. The quantitative estimate of drug-likeness (QED) is 0.390. The van der Waals surface area contributed by atoms with Crippen LogP contribution in [0.15, 0.2) is 53.9 Å². The fourth-order valence-electron chi connectivity index (χ4n) is 3.40. The molecule has 1 aromatic carbocycles. The van der Waals surface area contributed by atoms with Crippen LogP contribution in [0.25, 0.3) is 5.69 Å². The number of nitrogens with one attached hydrogen (secondary N) is 2. The number of amides is 2. The summed E-state index contributed by atoms with van der Waals surface area (Å²) in [4.78, 5) is 27.8. The molecule has 2 heterocycles. The van der Waals surface area contributed by atoms with Gasteiger partial charge in [-0.1, -0.05) is 18.2 Å². The third-order valence-corrected chi connectivity index (χ3v) is 4.91. The maximum Gasteiger partial charge on any atom is 0.329 e. The van der Waals surface area contributed by atoms with Gasteiger partial charge in [0.15, 0.2) is 0 Å². The van der Waals surface area contributed by atoms with E-state index in [1.54, 1.807) is 30.7 Å². The molecule has 0 saturated heterocycles. The molecule has 3 aromatic rings. The molecule has 0 fully saturated rings. The van der Waals surface area contributed by atoms with Gasteiger partial charge in [0.1, 0.15) is 0 Å². The van der Waals surface area contributed by atoms with Gasteiger partial charge in [-0.2, -0.15) is 5.10 Å². The summed E-state index contributed by atoms with van der Waals surface area (Å²) in [6, 6.07) is 11.7. The van der Waals surface area contributed by atoms with Crippen molar-refractivity contribution in [3.63, 3.8) is 0 Å². The molecule has 7 nitrogen and oxygen atoms in total. The van der Waals surface area contributed by atoms with E-state index in [4.69, 9.17) is 0 Å². The number of para-hydroxylation sites is 1. The molecule has 0 atom stereocenters. The second kappa shape index (κ2) is 9.17. The van der Waals surface area contributed by atoms with Gasteiger partial charge in [-0.25, -0.2) is 5.43 Å². The lowest BCUT2D eigenvalue weighted by Gasteiger charge is -2.15. The molecule has 0 aliphatic heterocycles. The number of rotatable bonds is 5. The van der Waals surface area contributed by atoms with Crippen LogP contribution < -0.4 is 10.7 Å². The molecule has 2 amide bonds. The fourth-order valence-corrected chi connectivity index (χ4v) is 3.40. The molecule has 0 spiro atoms. The Hall–Kier alpha value is -3.74. The van der Waals surface area contributed by atoms with Gasteiger partial charge < -0.3 is 9.88 Å². The molecule has 30 heavy (non-hydrogen) atoms. The molecule has 0 bridgehead atoms. The zero-order valence-corrected chi connectivity index (χ0v) is 17.6. The topological polar surface area (TPSA) is 88.4 Å². The Bertz CT molecular complexity index is 1080. The van der Waals surface area contributed by atoms with Gasteiger partial charge in [0.2, 0.25) is 0 Å². The first-order valence-electron chi connectivity index (χ1n) is 9.64. The zero-order chi connectivity index (χ0) is 21.7. The van der Waals surface area contributed by atoms with Crippen LogP contribution in [0, 0.1) is 27.7 Å². The second-order valence-corrected chi connectivity index (χ2v) is 7.14. The van der Waals surface area contributed by atoms with Crippen LogP contribution in [0.3, 0.4) is 0 Å². The summed E-state index contributed by atoms with van der Waals surface area (Å²) in [5, 5.41) is 6.51. The van der Waals surface area contributed by atoms with Crippen LogP contribution in [0.5, 0.6) is 0 Å². The number of nitrogens with zero attached hydrogens (tertiary/aromatic N) is 3. The summed E-state index contributed by atoms with van der Waals surface area (Å²) in [5.74, 6) is -1.56. The summed E-state index contributed by atoms with van der Waals surface area (Å²) in [7, 11) is 0. The molecule has 3 rings (SSSR count). The Labute approximate surface area is 175 Å². The Kier molecular flexibility index (Phi) is 6.41. The second-order valence-electron chi connectivity index (χ2n) is 7.14. The Balaban J connectivity index is 1.67. The van der Waals surface area contributed by atoms with E-state index in [0.717, 1.165) is 28.2 Å². The van der Waals surface area contributed by atoms with E-state index in [1.807, 2.05) is 26.0 Å². The van der Waals surface area contributed by atoms with Crippen molar-refractivity contribution in [2.45, 2.75) is 34.2 Å². The molecule has 0 radical (unpaired) electrons. The molecular weight excluding hydrogens is 378 g/mol. The fraction of sp³-hybridized carbons (Fsp3) is 0.217. The van der Waals surface area contributed by atoms with E-state index >= 15 is 0 Å². The summed E-state index contributed by atoms with van der Waals surface area (Å²) >= 11 is 0. The average molecular weight is 403 g/mol. The summed E-state index contributed by atoms with van der Waals surface area (Å²) < 4.78 is 2.18. The number of hydrogen-bond donors (Lipinski definition) is 2. The zero-order valence-electron chi connectivity index (χ0n) is 17.6. The number of carbonyl (C=O) groups is 2. The molecule has 2 aromatic heterocycles.